The highest BCUT2D eigenvalue weighted by Gasteiger charge is 2.68. The zero-order valence-electron chi connectivity index (χ0n) is 28.7. The van der Waals surface area contributed by atoms with Crippen LogP contribution in [-0.2, 0) is 26.2 Å². The number of methoxy groups -OCH3 is 1. The highest BCUT2D eigenvalue weighted by atomic mass is 79.9. The predicted molar refractivity (Wildman–Crippen MR) is 198 cm³/mol. The smallest absolute Gasteiger partial charge is 0.242 e. The van der Waals surface area contributed by atoms with Gasteiger partial charge in [0.25, 0.3) is 0 Å². The van der Waals surface area contributed by atoms with E-state index in [1.807, 2.05) is 45.0 Å². The lowest BCUT2D eigenvalue weighted by Crippen LogP contribution is -2.49. The van der Waals surface area contributed by atoms with E-state index < -0.39 is 35.0 Å². The van der Waals surface area contributed by atoms with Crippen molar-refractivity contribution in [3.8, 4) is 22.1 Å². The maximum absolute atomic E-state index is 15.1. The molecule has 2 aromatic heterocycles. The Bertz CT molecular complexity index is 2250. The van der Waals surface area contributed by atoms with Gasteiger partial charge in [-0.3, -0.25) is 28.8 Å². The number of hydrogen-bond acceptors (Lipinski definition) is 8. The molecule has 2 aliphatic heterocycles. The van der Waals surface area contributed by atoms with E-state index in [9.17, 15) is 19.5 Å². The second kappa shape index (κ2) is 12.0. The molecule has 8 rings (SSSR count). The number of hydrogen-bond donors (Lipinski definition) is 1. The Hall–Kier alpha value is -4.00. The fourth-order valence-electron chi connectivity index (χ4n) is 9.25. The van der Waals surface area contributed by atoms with Gasteiger partial charge < -0.3 is 9.84 Å². The van der Waals surface area contributed by atoms with Gasteiger partial charge in [0.2, 0.25) is 23.6 Å². The molecule has 0 radical (unpaired) electrons. The van der Waals surface area contributed by atoms with E-state index in [2.05, 4.69) is 15.9 Å². The summed E-state index contributed by atoms with van der Waals surface area (Å²) in [5.41, 5.74) is 1.90. The number of thiophene rings is 1. The summed E-state index contributed by atoms with van der Waals surface area (Å²) in [7, 11) is 3.18. The molecular weight excluding hydrogens is 756 g/mol. The summed E-state index contributed by atoms with van der Waals surface area (Å²) < 4.78 is 8.53. The summed E-state index contributed by atoms with van der Waals surface area (Å²) in [6, 6.07) is 11.0. The number of carbonyl (C=O) groups excluding carboxylic acids is 4. The van der Waals surface area contributed by atoms with Gasteiger partial charge in [0, 0.05) is 35.3 Å². The lowest BCUT2D eigenvalue weighted by molar-refractivity contribution is -0.140. The number of phenols is 1. The van der Waals surface area contributed by atoms with Gasteiger partial charge in [0.15, 0.2) is 11.5 Å². The number of rotatable bonds is 6. The van der Waals surface area contributed by atoms with Crippen molar-refractivity contribution >= 4 is 78.4 Å². The number of nitrogens with zero attached hydrogens (tertiary/aromatic N) is 4. The maximum Gasteiger partial charge on any atom is 0.242 e. The number of fused-ring (bicyclic) bond motifs is 5. The van der Waals surface area contributed by atoms with E-state index >= 15 is 4.79 Å². The highest BCUT2D eigenvalue weighted by Crippen LogP contribution is 2.64. The van der Waals surface area contributed by atoms with Gasteiger partial charge in [0.05, 0.1) is 39.6 Å². The van der Waals surface area contributed by atoms with Crippen molar-refractivity contribution in [1.82, 2.24) is 14.7 Å². The first-order valence-corrected chi connectivity index (χ1v) is 19.0. The molecule has 2 saturated heterocycles. The summed E-state index contributed by atoms with van der Waals surface area (Å²) in [6.07, 6.45) is 3.28. The predicted octanol–water partition coefficient (Wildman–Crippen LogP) is 7.38. The Morgan fingerprint density at radius 3 is 2.59 bits per heavy atom. The summed E-state index contributed by atoms with van der Waals surface area (Å²) in [5, 5.41) is 17.2. The van der Waals surface area contributed by atoms with Crippen LogP contribution in [0.3, 0.4) is 0 Å². The van der Waals surface area contributed by atoms with Gasteiger partial charge in [0.1, 0.15) is 11.5 Å². The Labute approximate surface area is 312 Å². The number of phenolic OH excluding ortho intramolecular Hbond substituents is 1. The van der Waals surface area contributed by atoms with Crippen LogP contribution < -0.4 is 9.64 Å². The first-order valence-electron chi connectivity index (χ1n) is 17.0. The van der Waals surface area contributed by atoms with E-state index in [1.54, 1.807) is 41.3 Å². The Balaban J connectivity index is 1.27. The molecular formula is C38H36BrClN4O6S. The van der Waals surface area contributed by atoms with Crippen molar-refractivity contribution in [2.24, 2.45) is 36.1 Å². The number of carbonyl (C=O) groups is 4. The Kier molecular flexibility index (Phi) is 8.04. The van der Waals surface area contributed by atoms with Crippen LogP contribution in [0.2, 0.25) is 5.02 Å². The Morgan fingerprint density at radius 1 is 1.10 bits per heavy atom. The summed E-state index contributed by atoms with van der Waals surface area (Å²) in [4.78, 5) is 60.9. The van der Waals surface area contributed by atoms with Gasteiger partial charge in [-0.1, -0.05) is 30.2 Å². The van der Waals surface area contributed by atoms with Crippen LogP contribution >= 0.6 is 38.9 Å². The van der Waals surface area contributed by atoms with Crippen molar-refractivity contribution in [1.29, 1.82) is 0 Å². The molecule has 2 aromatic carbocycles. The van der Waals surface area contributed by atoms with Gasteiger partial charge in [-0.05, 0) is 102 Å². The fourth-order valence-corrected chi connectivity index (χ4v) is 11.0. The molecule has 51 heavy (non-hydrogen) atoms. The minimum absolute atomic E-state index is 0.0866. The quantitative estimate of drug-likeness (QED) is 0.160. The van der Waals surface area contributed by atoms with Crippen LogP contribution in [0.4, 0.5) is 5.82 Å². The van der Waals surface area contributed by atoms with Crippen LogP contribution in [0, 0.1) is 36.0 Å². The van der Waals surface area contributed by atoms with E-state index in [0.717, 1.165) is 26.1 Å². The monoisotopic (exact) mass is 790 g/mol. The topological polar surface area (TPSA) is 122 Å². The number of aromatic hydroxyl groups is 1. The van der Waals surface area contributed by atoms with Crippen LogP contribution in [-0.4, -0.2) is 57.1 Å². The maximum atomic E-state index is 15.1. The Morgan fingerprint density at radius 2 is 1.86 bits per heavy atom. The van der Waals surface area contributed by atoms with Crippen molar-refractivity contribution in [2.75, 3.05) is 18.6 Å². The number of ether oxygens (including phenoxy) is 1. The lowest BCUT2D eigenvalue weighted by Gasteiger charge is -2.49. The molecule has 10 nitrogen and oxygen atoms in total. The average Bonchev–Trinajstić information content (AvgIpc) is 3.77. The number of benzene rings is 2. The molecule has 0 bridgehead atoms. The van der Waals surface area contributed by atoms with E-state index in [1.165, 1.54) is 16.9 Å². The minimum atomic E-state index is -1.27. The molecule has 1 N–H and O–H groups in total. The molecule has 1 saturated carbocycles. The number of imide groups is 2. The SMILES string of the molecule is CCCN1C(=O)C2CC=C3C(CC4C(=O)N(c5cc(-c6sc7ccc(Cl)cc7c6C)nn5C)C(=O)C4(C)C3c3cc(Br)c(O)c(OC)c3)C2C1=O. The number of aryl methyl sites for hydroxylation is 2. The summed E-state index contributed by atoms with van der Waals surface area (Å²) in [5.74, 6) is -3.66. The van der Waals surface area contributed by atoms with Gasteiger partial charge in [-0.2, -0.15) is 5.10 Å². The molecule has 3 fully saturated rings. The molecule has 6 atom stereocenters. The highest BCUT2D eigenvalue weighted by molar-refractivity contribution is 9.10. The number of anilines is 1. The zero-order valence-corrected chi connectivity index (χ0v) is 31.9. The second-order valence-corrected chi connectivity index (χ2v) is 16.6. The van der Waals surface area contributed by atoms with Crippen molar-refractivity contribution in [3.63, 3.8) is 0 Å². The molecule has 2 aliphatic carbocycles. The van der Waals surface area contributed by atoms with E-state index in [4.69, 9.17) is 21.4 Å². The van der Waals surface area contributed by atoms with Crippen molar-refractivity contribution in [3.05, 3.63) is 68.7 Å². The first kappa shape index (κ1) is 34.1. The van der Waals surface area contributed by atoms with Gasteiger partial charge in [-0.25, -0.2) is 4.90 Å². The minimum Gasteiger partial charge on any atom is -0.503 e. The normalized spacial score (nSPS) is 27.3. The molecule has 4 aromatic rings. The third-order valence-electron chi connectivity index (χ3n) is 11.6. The number of likely N-dealkylation sites (tertiary alicyclic amines) is 1. The van der Waals surface area contributed by atoms with Crippen LogP contribution in [0.15, 0.2) is 52.5 Å². The van der Waals surface area contributed by atoms with Gasteiger partial charge in [-0.15, -0.1) is 11.3 Å². The fraction of sp³-hybridized carbons (Fsp3) is 0.395. The number of amides is 4. The van der Waals surface area contributed by atoms with Crippen LogP contribution in [0.25, 0.3) is 20.7 Å². The molecule has 13 heteroatoms. The molecule has 0 spiro atoms. The van der Waals surface area contributed by atoms with Crippen molar-refractivity contribution < 1.29 is 29.0 Å². The molecule has 264 valence electrons. The van der Waals surface area contributed by atoms with Crippen molar-refractivity contribution in [2.45, 2.75) is 46.0 Å². The number of allylic oxidation sites excluding steroid dienone is 2. The molecule has 4 aliphatic rings. The number of halogens is 2. The van der Waals surface area contributed by atoms with Crippen LogP contribution in [0.5, 0.6) is 11.5 Å². The number of aromatic nitrogens is 2. The third-order valence-corrected chi connectivity index (χ3v) is 13.8. The zero-order chi connectivity index (χ0) is 36.3. The average molecular weight is 792 g/mol. The van der Waals surface area contributed by atoms with E-state index in [-0.39, 0.29) is 41.5 Å². The van der Waals surface area contributed by atoms with E-state index in [0.29, 0.717) is 46.0 Å². The molecule has 4 heterocycles. The first-order chi connectivity index (χ1) is 24.3. The van der Waals surface area contributed by atoms with Crippen LogP contribution in [0.1, 0.15) is 50.2 Å². The largest absolute Gasteiger partial charge is 0.503 e. The van der Waals surface area contributed by atoms with Gasteiger partial charge >= 0.3 is 0 Å². The lowest BCUT2D eigenvalue weighted by atomic mass is 9.51. The standard InChI is InChI=1S/C38H36BrClN4O6S/c1-6-11-43-34(46)21-9-8-20-23(30(21)36(43)48)15-24-35(47)44(37(49)38(24,3)31(20)18-12-25(39)32(45)27(13-18)50-5)29-16-26(41-42(29)4)33-17(2)22-14-19(40)7-10-28(22)51-33/h7-8,10,12-14,16,21,23-24,30-31,45H,6,9,11,15H2,1-5H3. The molecule has 4 amide bonds. The summed E-state index contributed by atoms with van der Waals surface area (Å²) in [6.45, 7) is 6.12. The summed E-state index contributed by atoms with van der Waals surface area (Å²) >= 11 is 11.3. The second-order valence-electron chi connectivity index (χ2n) is 14.3. The molecule has 6 unspecified atom stereocenters. The third kappa shape index (κ3) is 4.74.